The van der Waals surface area contributed by atoms with E-state index in [1.165, 1.54) is 0 Å². The van der Waals surface area contributed by atoms with Crippen LogP contribution in [-0.2, 0) is 4.74 Å². The molecule has 23 heavy (non-hydrogen) atoms. The predicted molar refractivity (Wildman–Crippen MR) is 86.8 cm³/mol. The van der Waals surface area contributed by atoms with Crippen LogP contribution in [0.4, 0.5) is 4.79 Å². The van der Waals surface area contributed by atoms with Gasteiger partial charge in [0.15, 0.2) is 0 Å². The summed E-state index contributed by atoms with van der Waals surface area (Å²) < 4.78 is 5.43. The molecule has 1 spiro atoms. The monoisotopic (exact) mass is 321 g/mol. The van der Waals surface area contributed by atoms with Crippen molar-refractivity contribution in [1.82, 2.24) is 15.6 Å². The van der Waals surface area contributed by atoms with E-state index >= 15 is 0 Å². The van der Waals surface area contributed by atoms with E-state index in [9.17, 15) is 4.79 Å². The Bertz CT molecular complexity index is 491. The minimum absolute atomic E-state index is 0.109. The second-order valence-corrected chi connectivity index (χ2v) is 7.73. The summed E-state index contributed by atoms with van der Waals surface area (Å²) in [6.07, 6.45) is 6.81. The first-order valence-corrected chi connectivity index (χ1v) is 8.44. The summed E-state index contributed by atoms with van der Waals surface area (Å²) in [6, 6.07) is 0.397. The van der Waals surface area contributed by atoms with Crippen LogP contribution in [0.3, 0.4) is 0 Å². The molecule has 7 heteroatoms. The van der Waals surface area contributed by atoms with E-state index in [-0.39, 0.29) is 11.6 Å². The normalized spacial score (nSPS) is 30.4. The molecular formula is C16H27N5O2. The third kappa shape index (κ3) is 4.02. The van der Waals surface area contributed by atoms with Gasteiger partial charge in [0, 0.05) is 25.3 Å². The molecule has 1 saturated heterocycles. The molecule has 128 valence electrons. The molecule has 7 nitrogen and oxygen atoms in total. The van der Waals surface area contributed by atoms with Gasteiger partial charge in [0.25, 0.3) is 0 Å². The lowest BCUT2D eigenvalue weighted by molar-refractivity contribution is 0.0184. The first-order valence-electron chi connectivity index (χ1n) is 8.44. The Balaban J connectivity index is 1.37. The van der Waals surface area contributed by atoms with Crippen molar-refractivity contribution in [3.63, 3.8) is 0 Å². The Morgan fingerprint density at radius 1 is 1.43 bits per heavy atom. The molecular weight excluding hydrogens is 294 g/mol. The average molecular weight is 321 g/mol. The van der Waals surface area contributed by atoms with Gasteiger partial charge in [-0.3, -0.25) is 5.43 Å². The van der Waals surface area contributed by atoms with E-state index < -0.39 is 5.60 Å². The average Bonchev–Trinajstić information content (AvgIpc) is 3.16. The number of carbonyl (C=O) groups excluding carboxylic acids is 1. The van der Waals surface area contributed by atoms with Crippen molar-refractivity contribution < 1.29 is 9.53 Å². The van der Waals surface area contributed by atoms with Crippen LogP contribution < -0.4 is 10.7 Å². The Morgan fingerprint density at radius 2 is 2.17 bits per heavy atom. The van der Waals surface area contributed by atoms with Crippen molar-refractivity contribution in [2.75, 3.05) is 19.6 Å². The number of piperidine rings is 1. The van der Waals surface area contributed by atoms with Gasteiger partial charge in [-0.1, -0.05) is 5.22 Å². The van der Waals surface area contributed by atoms with Crippen molar-refractivity contribution >= 4 is 6.09 Å². The molecule has 1 aliphatic carbocycles. The van der Waals surface area contributed by atoms with Gasteiger partial charge in [-0.05, 0) is 58.6 Å². The molecule has 0 aromatic carbocycles. The van der Waals surface area contributed by atoms with Gasteiger partial charge in [0.1, 0.15) is 11.1 Å². The topological polar surface area (TPSA) is 78.3 Å². The van der Waals surface area contributed by atoms with E-state index in [2.05, 4.69) is 27.2 Å². The molecule has 1 amide bonds. The molecule has 2 aliphatic heterocycles. The Hall–Kier alpha value is -1.63. The van der Waals surface area contributed by atoms with Crippen molar-refractivity contribution in [2.45, 2.75) is 57.2 Å². The molecule has 2 atom stereocenters. The molecule has 0 radical (unpaired) electrons. The largest absolute Gasteiger partial charge is 0.444 e. The molecule has 2 heterocycles. The number of hydrogen-bond donors (Lipinski definition) is 2. The van der Waals surface area contributed by atoms with Crippen LogP contribution >= 0.6 is 0 Å². The van der Waals surface area contributed by atoms with Gasteiger partial charge < -0.3 is 15.0 Å². The smallest absolute Gasteiger partial charge is 0.410 e. The number of rotatable bonds is 3. The van der Waals surface area contributed by atoms with Gasteiger partial charge in [-0.25, -0.2) is 4.79 Å². The number of hydrogen-bond acceptors (Lipinski definition) is 6. The fourth-order valence-electron chi connectivity index (χ4n) is 3.14. The van der Waals surface area contributed by atoms with Gasteiger partial charge in [0.05, 0.1) is 0 Å². The highest BCUT2D eigenvalue weighted by Crippen LogP contribution is 2.42. The maximum atomic E-state index is 12.1. The van der Waals surface area contributed by atoms with Crippen molar-refractivity contribution in [2.24, 2.45) is 16.3 Å². The third-order valence-corrected chi connectivity index (χ3v) is 4.63. The number of amides is 1. The summed E-state index contributed by atoms with van der Waals surface area (Å²) in [5.74, 6) is 0.606. The van der Waals surface area contributed by atoms with Crippen LogP contribution in [-0.4, -0.2) is 47.8 Å². The first-order chi connectivity index (χ1) is 10.9. The zero-order valence-corrected chi connectivity index (χ0v) is 14.2. The molecule has 0 bridgehead atoms. The molecule has 0 aromatic heterocycles. The summed E-state index contributed by atoms with van der Waals surface area (Å²) in [6.45, 7) is 8.24. The van der Waals surface area contributed by atoms with Gasteiger partial charge >= 0.3 is 6.09 Å². The van der Waals surface area contributed by atoms with Crippen molar-refractivity contribution in [3.8, 4) is 0 Å². The van der Waals surface area contributed by atoms with Crippen LogP contribution in [0.5, 0.6) is 0 Å². The molecule has 2 fully saturated rings. The third-order valence-electron chi connectivity index (χ3n) is 4.63. The SMILES string of the molecule is CC(C)(C)OC(=O)N1CCC(CN[C@@H]2C[C@]23C=CNN=N3)CC1. The molecule has 0 aromatic rings. The molecule has 2 N–H and O–H groups in total. The van der Waals surface area contributed by atoms with Crippen LogP contribution in [0, 0.1) is 5.92 Å². The lowest BCUT2D eigenvalue weighted by atomic mass is 9.97. The summed E-state index contributed by atoms with van der Waals surface area (Å²) in [4.78, 5) is 13.9. The fraction of sp³-hybridized carbons (Fsp3) is 0.812. The molecule has 3 aliphatic rings. The van der Waals surface area contributed by atoms with Gasteiger partial charge in [-0.15, -0.1) is 0 Å². The number of nitrogens with zero attached hydrogens (tertiary/aromatic N) is 3. The zero-order valence-electron chi connectivity index (χ0n) is 14.2. The minimum atomic E-state index is -0.424. The van der Waals surface area contributed by atoms with Crippen LogP contribution in [0.15, 0.2) is 22.6 Å². The van der Waals surface area contributed by atoms with Gasteiger partial charge in [0.2, 0.25) is 0 Å². The number of ether oxygens (including phenoxy) is 1. The number of nitrogens with one attached hydrogen (secondary N) is 2. The highest BCUT2D eigenvalue weighted by Gasteiger charge is 2.54. The lowest BCUT2D eigenvalue weighted by Crippen LogP contribution is -2.43. The van der Waals surface area contributed by atoms with E-state index in [1.54, 1.807) is 0 Å². The van der Waals surface area contributed by atoms with E-state index in [0.717, 1.165) is 38.9 Å². The second-order valence-electron chi connectivity index (χ2n) is 7.73. The van der Waals surface area contributed by atoms with Crippen molar-refractivity contribution in [1.29, 1.82) is 0 Å². The van der Waals surface area contributed by atoms with E-state index in [0.29, 0.717) is 12.0 Å². The summed E-state index contributed by atoms with van der Waals surface area (Å²) >= 11 is 0. The van der Waals surface area contributed by atoms with Crippen molar-refractivity contribution in [3.05, 3.63) is 12.3 Å². The Kier molecular flexibility index (Phi) is 4.31. The predicted octanol–water partition coefficient (Wildman–Crippen LogP) is 2.22. The highest BCUT2D eigenvalue weighted by molar-refractivity contribution is 5.68. The zero-order chi connectivity index (χ0) is 16.5. The molecule has 0 unspecified atom stereocenters. The quantitative estimate of drug-likeness (QED) is 0.835. The maximum absolute atomic E-state index is 12.1. The van der Waals surface area contributed by atoms with Crippen LogP contribution in [0.2, 0.25) is 0 Å². The summed E-state index contributed by atoms with van der Waals surface area (Å²) in [5, 5.41) is 11.8. The summed E-state index contributed by atoms with van der Waals surface area (Å²) in [7, 11) is 0. The first kappa shape index (κ1) is 16.2. The minimum Gasteiger partial charge on any atom is -0.444 e. The standard InChI is InChI=1S/C16H27N5O2/c1-15(2,3)23-14(22)21-8-4-12(5-9-21)11-17-13-10-16(13)6-7-18-20-19-16/h6-7,12-13,17H,4-5,8-11H2,1-3H3,(H,18,19)/t13-,16-/m1/s1. The fourth-order valence-corrected chi connectivity index (χ4v) is 3.14. The van der Waals surface area contributed by atoms with Crippen LogP contribution in [0.1, 0.15) is 40.0 Å². The molecule has 3 rings (SSSR count). The molecule has 1 saturated carbocycles. The lowest BCUT2D eigenvalue weighted by Gasteiger charge is -2.33. The number of carbonyl (C=O) groups is 1. The summed E-state index contributed by atoms with van der Waals surface area (Å²) in [5.41, 5.74) is 2.21. The van der Waals surface area contributed by atoms with E-state index in [4.69, 9.17) is 4.74 Å². The van der Waals surface area contributed by atoms with Gasteiger partial charge in [-0.2, -0.15) is 5.11 Å². The highest BCUT2D eigenvalue weighted by atomic mass is 16.6. The van der Waals surface area contributed by atoms with Crippen LogP contribution in [0.25, 0.3) is 0 Å². The second kappa shape index (κ2) is 6.11. The number of likely N-dealkylation sites (tertiary alicyclic amines) is 1. The maximum Gasteiger partial charge on any atom is 0.410 e. The Labute approximate surface area is 137 Å². The Morgan fingerprint density at radius 3 is 2.78 bits per heavy atom. The van der Waals surface area contributed by atoms with E-state index in [1.807, 2.05) is 31.9 Å².